The maximum atomic E-state index is 12.3. The molecule has 1 aliphatic heterocycles. The summed E-state index contributed by atoms with van der Waals surface area (Å²) in [6.07, 6.45) is -3.57. The third kappa shape index (κ3) is 5.81. The van der Waals surface area contributed by atoms with Crippen molar-refractivity contribution >= 4 is 5.91 Å². The summed E-state index contributed by atoms with van der Waals surface area (Å²) in [4.78, 5) is 14.2. The third-order valence-corrected chi connectivity index (χ3v) is 4.07. The first-order valence-electron chi connectivity index (χ1n) is 8.17. The SMILES string of the molecule is COc1cc(CCC(=O)N2CCNC[C@@H]2C)ccc1OCC(F)(F)F. The fourth-order valence-corrected chi connectivity index (χ4v) is 2.75. The van der Waals surface area contributed by atoms with Crippen molar-refractivity contribution in [3.8, 4) is 11.5 Å². The van der Waals surface area contributed by atoms with Crippen molar-refractivity contribution in [2.45, 2.75) is 32.0 Å². The van der Waals surface area contributed by atoms with Crippen LogP contribution in [-0.2, 0) is 11.2 Å². The molecule has 1 amide bonds. The Morgan fingerprint density at radius 2 is 2.12 bits per heavy atom. The summed E-state index contributed by atoms with van der Waals surface area (Å²) in [5, 5.41) is 3.23. The Balaban J connectivity index is 1.94. The molecule has 0 saturated carbocycles. The second-order valence-electron chi connectivity index (χ2n) is 6.03. The minimum absolute atomic E-state index is 0.0330. The van der Waals surface area contributed by atoms with Gasteiger partial charge in [-0.25, -0.2) is 0 Å². The number of alkyl halides is 3. The highest BCUT2D eigenvalue weighted by Gasteiger charge is 2.29. The van der Waals surface area contributed by atoms with Crippen LogP contribution in [0.15, 0.2) is 18.2 Å². The lowest BCUT2D eigenvalue weighted by molar-refractivity contribution is -0.153. The predicted octanol–water partition coefficient (Wildman–Crippen LogP) is 2.39. The van der Waals surface area contributed by atoms with Gasteiger partial charge in [-0.3, -0.25) is 4.79 Å². The Hall–Kier alpha value is -1.96. The number of ether oxygens (including phenoxy) is 2. The van der Waals surface area contributed by atoms with E-state index in [0.29, 0.717) is 19.4 Å². The maximum absolute atomic E-state index is 12.3. The number of rotatable bonds is 6. The van der Waals surface area contributed by atoms with Crippen molar-refractivity contribution in [3.63, 3.8) is 0 Å². The Kier molecular flexibility index (Phi) is 6.52. The van der Waals surface area contributed by atoms with E-state index in [9.17, 15) is 18.0 Å². The van der Waals surface area contributed by atoms with Crippen molar-refractivity contribution < 1.29 is 27.4 Å². The van der Waals surface area contributed by atoms with E-state index in [1.54, 1.807) is 12.1 Å². The molecule has 0 bridgehead atoms. The Morgan fingerprint density at radius 1 is 1.36 bits per heavy atom. The van der Waals surface area contributed by atoms with Crippen LogP contribution in [-0.4, -0.2) is 56.4 Å². The normalized spacial score (nSPS) is 18.1. The monoisotopic (exact) mass is 360 g/mol. The molecular formula is C17H23F3N2O3. The molecule has 1 heterocycles. The number of hydrogen-bond acceptors (Lipinski definition) is 4. The van der Waals surface area contributed by atoms with Crippen LogP contribution in [0.5, 0.6) is 11.5 Å². The zero-order valence-electron chi connectivity index (χ0n) is 14.4. The van der Waals surface area contributed by atoms with Gasteiger partial charge in [-0.1, -0.05) is 6.07 Å². The molecule has 1 atom stereocenters. The molecule has 1 saturated heterocycles. The molecule has 1 aliphatic rings. The number of nitrogens with zero attached hydrogens (tertiary/aromatic N) is 1. The van der Waals surface area contributed by atoms with E-state index in [0.717, 1.165) is 18.7 Å². The smallest absolute Gasteiger partial charge is 0.422 e. The summed E-state index contributed by atoms with van der Waals surface area (Å²) in [5.41, 5.74) is 0.812. The van der Waals surface area contributed by atoms with Gasteiger partial charge in [0.2, 0.25) is 5.91 Å². The van der Waals surface area contributed by atoms with Crippen LogP contribution in [0.3, 0.4) is 0 Å². The molecule has 1 fully saturated rings. The van der Waals surface area contributed by atoms with E-state index < -0.39 is 12.8 Å². The van der Waals surface area contributed by atoms with Gasteiger partial charge >= 0.3 is 6.18 Å². The number of aryl methyl sites for hydroxylation is 1. The lowest BCUT2D eigenvalue weighted by Crippen LogP contribution is -2.52. The molecule has 0 radical (unpaired) electrons. The van der Waals surface area contributed by atoms with E-state index in [2.05, 4.69) is 5.32 Å². The number of carbonyl (C=O) groups excluding carboxylic acids is 1. The summed E-state index contributed by atoms with van der Waals surface area (Å²) < 4.78 is 46.6. The van der Waals surface area contributed by atoms with Crippen LogP contribution < -0.4 is 14.8 Å². The number of halogens is 3. The van der Waals surface area contributed by atoms with Gasteiger partial charge in [0.05, 0.1) is 7.11 Å². The molecule has 0 spiro atoms. The van der Waals surface area contributed by atoms with E-state index in [-0.39, 0.29) is 23.4 Å². The Labute approximate surface area is 145 Å². The number of hydrogen-bond donors (Lipinski definition) is 1. The van der Waals surface area contributed by atoms with Gasteiger partial charge in [0, 0.05) is 32.1 Å². The van der Waals surface area contributed by atoms with Gasteiger partial charge in [0.1, 0.15) is 0 Å². The molecule has 1 aromatic rings. The first kappa shape index (κ1) is 19.4. The van der Waals surface area contributed by atoms with Crippen LogP contribution >= 0.6 is 0 Å². The number of piperazine rings is 1. The van der Waals surface area contributed by atoms with Crippen molar-refractivity contribution in [1.82, 2.24) is 10.2 Å². The number of nitrogens with one attached hydrogen (secondary N) is 1. The predicted molar refractivity (Wildman–Crippen MR) is 86.9 cm³/mol. The first-order chi connectivity index (χ1) is 11.8. The summed E-state index contributed by atoms with van der Waals surface area (Å²) in [7, 11) is 1.37. The summed E-state index contributed by atoms with van der Waals surface area (Å²) >= 11 is 0. The van der Waals surface area contributed by atoms with E-state index in [4.69, 9.17) is 9.47 Å². The fourth-order valence-electron chi connectivity index (χ4n) is 2.75. The van der Waals surface area contributed by atoms with Crippen LogP contribution in [0, 0.1) is 0 Å². The highest BCUT2D eigenvalue weighted by molar-refractivity contribution is 5.77. The van der Waals surface area contributed by atoms with Crippen LogP contribution in [0.25, 0.3) is 0 Å². The molecular weight excluding hydrogens is 337 g/mol. The average molecular weight is 360 g/mol. The van der Waals surface area contributed by atoms with Crippen molar-refractivity contribution in [2.75, 3.05) is 33.4 Å². The molecule has 1 aromatic carbocycles. The molecule has 5 nitrogen and oxygen atoms in total. The molecule has 8 heteroatoms. The number of carbonyl (C=O) groups is 1. The van der Waals surface area contributed by atoms with Crippen LogP contribution in [0.4, 0.5) is 13.2 Å². The molecule has 0 unspecified atom stereocenters. The van der Waals surface area contributed by atoms with Crippen molar-refractivity contribution in [2.24, 2.45) is 0 Å². The van der Waals surface area contributed by atoms with Crippen molar-refractivity contribution in [3.05, 3.63) is 23.8 Å². The standard InChI is InChI=1S/C17H23F3N2O3/c1-12-10-21-7-8-22(12)16(23)6-4-13-3-5-14(15(9-13)24-2)25-11-17(18,19)20/h3,5,9,12,21H,4,6-8,10-11H2,1-2H3/t12-/m0/s1. The fraction of sp³-hybridized carbons (Fsp3) is 0.588. The minimum Gasteiger partial charge on any atom is -0.493 e. The second kappa shape index (κ2) is 8.42. The van der Waals surface area contributed by atoms with Gasteiger partial charge < -0.3 is 19.7 Å². The van der Waals surface area contributed by atoms with Gasteiger partial charge in [0.25, 0.3) is 0 Å². The van der Waals surface area contributed by atoms with Gasteiger partial charge in [-0.05, 0) is 31.0 Å². The number of methoxy groups -OCH3 is 1. The average Bonchev–Trinajstić information content (AvgIpc) is 2.57. The summed E-state index contributed by atoms with van der Waals surface area (Å²) in [6, 6.07) is 4.87. The van der Waals surface area contributed by atoms with E-state index >= 15 is 0 Å². The number of benzene rings is 1. The highest BCUT2D eigenvalue weighted by atomic mass is 19.4. The molecule has 140 valence electrons. The second-order valence-corrected chi connectivity index (χ2v) is 6.03. The van der Waals surface area contributed by atoms with E-state index in [1.165, 1.54) is 13.2 Å². The topological polar surface area (TPSA) is 50.8 Å². The number of amides is 1. The Bertz CT molecular complexity index is 593. The molecule has 0 aromatic heterocycles. The summed E-state index contributed by atoms with van der Waals surface area (Å²) in [6.45, 7) is 2.88. The van der Waals surface area contributed by atoms with E-state index in [1.807, 2.05) is 11.8 Å². The quantitative estimate of drug-likeness (QED) is 0.846. The first-order valence-corrected chi connectivity index (χ1v) is 8.17. The third-order valence-electron chi connectivity index (χ3n) is 4.07. The molecule has 25 heavy (non-hydrogen) atoms. The largest absolute Gasteiger partial charge is 0.493 e. The Morgan fingerprint density at radius 3 is 2.76 bits per heavy atom. The lowest BCUT2D eigenvalue weighted by atomic mass is 10.1. The van der Waals surface area contributed by atoms with Crippen molar-refractivity contribution in [1.29, 1.82) is 0 Å². The minimum atomic E-state index is -4.41. The zero-order chi connectivity index (χ0) is 18.4. The molecule has 0 aliphatic carbocycles. The lowest BCUT2D eigenvalue weighted by Gasteiger charge is -2.34. The van der Waals surface area contributed by atoms with Crippen LogP contribution in [0.2, 0.25) is 0 Å². The highest BCUT2D eigenvalue weighted by Crippen LogP contribution is 2.30. The van der Waals surface area contributed by atoms with Gasteiger partial charge in [-0.15, -0.1) is 0 Å². The zero-order valence-corrected chi connectivity index (χ0v) is 14.4. The van der Waals surface area contributed by atoms with Gasteiger partial charge in [-0.2, -0.15) is 13.2 Å². The molecule has 2 rings (SSSR count). The molecule has 1 N–H and O–H groups in total. The maximum Gasteiger partial charge on any atom is 0.422 e. The van der Waals surface area contributed by atoms with Crippen LogP contribution in [0.1, 0.15) is 18.9 Å². The van der Waals surface area contributed by atoms with Gasteiger partial charge in [0.15, 0.2) is 18.1 Å². The summed E-state index contributed by atoms with van der Waals surface area (Å²) in [5.74, 6) is 0.334.